The number of piperidine rings is 1. The second kappa shape index (κ2) is 11.4. The number of carbonyl (C=O) groups excluding carboxylic acids is 2. The van der Waals surface area contributed by atoms with Crippen LogP contribution in [0.2, 0.25) is 0 Å². The molecule has 0 aliphatic carbocycles. The molecule has 1 aromatic carbocycles. The van der Waals surface area contributed by atoms with Gasteiger partial charge in [0.1, 0.15) is 18.2 Å². The topological polar surface area (TPSA) is 116 Å². The predicted molar refractivity (Wildman–Crippen MR) is 124 cm³/mol. The lowest BCUT2D eigenvalue weighted by atomic mass is 9.97. The molecule has 2 amide bonds. The van der Waals surface area contributed by atoms with Crippen LogP contribution in [-0.4, -0.2) is 64.9 Å². The number of nitrogens with zero attached hydrogens (tertiary/aromatic N) is 3. The number of aromatic nitrogens is 2. The number of ether oxygens (including phenoxy) is 3. The zero-order valence-corrected chi connectivity index (χ0v) is 21.3. The lowest BCUT2D eigenvalue weighted by Gasteiger charge is -2.38. The van der Waals surface area contributed by atoms with E-state index >= 15 is 0 Å². The fraction of sp³-hybridized carbons (Fsp3) is 0.583. The van der Waals surface area contributed by atoms with E-state index in [0.29, 0.717) is 18.4 Å². The van der Waals surface area contributed by atoms with E-state index in [-0.39, 0.29) is 30.5 Å². The Hall–Kier alpha value is -3.35. The molecule has 13 heteroatoms. The molecule has 0 saturated carbocycles. The van der Waals surface area contributed by atoms with Gasteiger partial charge in [-0.3, -0.25) is 14.4 Å². The first kappa shape index (κ1) is 28.2. The van der Waals surface area contributed by atoms with Gasteiger partial charge in [-0.25, -0.2) is 4.79 Å². The van der Waals surface area contributed by atoms with Crippen LogP contribution in [0.15, 0.2) is 22.6 Å². The first-order valence-electron chi connectivity index (χ1n) is 11.8. The third-order valence-electron chi connectivity index (χ3n) is 5.60. The average Bonchev–Trinajstić information content (AvgIpc) is 3.25. The zero-order chi connectivity index (χ0) is 27.4. The minimum Gasteiger partial charge on any atom is -0.447 e. The van der Waals surface area contributed by atoms with Gasteiger partial charge in [0.05, 0.1) is 6.61 Å². The Labute approximate surface area is 212 Å². The summed E-state index contributed by atoms with van der Waals surface area (Å²) < 4.78 is 56.0. The van der Waals surface area contributed by atoms with Crippen LogP contribution in [0, 0.1) is 13.8 Å². The summed E-state index contributed by atoms with van der Waals surface area (Å²) in [7, 11) is 0. The average molecular weight is 529 g/mol. The number of rotatable bonds is 7. The Morgan fingerprint density at radius 3 is 2.49 bits per heavy atom. The van der Waals surface area contributed by atoms with E-state index in [2.05, 4.69) is 20.3 Å². The maximum absolute atomic E-state index is 13.0. The Morgan fingerprint density at radius 1 is 1.11 bits per heavy atom. The Kier molecular flexibility index (Phi) is 8.67. The molecule has 2 unspecified atom stereocenters. The van der Waals surface area contributed by atoms with Crippen molar-refractivity contribution in [3.8, 4) is 6.08 Å². The van der Waals surface area contributed by atoms with Crippen LogP contribution in [0.4, 0.5) is 18.0 Å². The number of carbonyl (C=O) groups is 2. The number of likely N-dealkylation sites (tertiary alicyclic amines) is 1. The number of alkyl halides is 3. The number of hydrogen-bond donors (Lipinski definition) is 1. The molecule has 1 aromatic heterocycles. The van der Waals surface area contributed by atoms with Gasteiger partial charge in [0.25, 0.3) is 5.91 Å². The molecule has 1 fully saturated rings. The summed E-state index contributed by atoms with van der Waals surface area (Å²) in [4.78, 5) is 27.3. The monoisotopic (exact) mass is 528 g/mol. The highest BCUT2D eigenvalue weighted by molar-refractivity contribution is 5.94. The number of nitrogens with one attached hydrogen (secondary N) is 1. The molecule has 2 atom stereocenters. The standard InChI is InChI=1S/C24H31F3N4O6/c1-14-6-7-16(12-15(14)2)19(32)28-17-8-9-18(31(13-17)22(33)37-23(3,4)5)20-29-30-21(36-20)34-10-11-35-24(25,26)27/h6-7,12,17-18H,8-11,13H2,1-5H3,(H,28,32). The van der Waals surface area contributed by atoms with Crippen molar-refractivity contribution in [2.75, 3.05) is 19.8 Å². The fourth-order valence-corrected chi connectivity index (χ4v) is 3.72. The number of halogens is 3. The number of aryl methyl sites for hydroxylation is 2. The predicted octanol–water partition coefficient (Wildman–Crippen LogP) is 4.47. The van der Waals surface area contributed by atoms with Crippen LogP contribution >= 0.6 is 0 Å². The number of hydrogen-bond acceptors (Lipinski definition) is 8. The molecule has 1 aliphatic rings. The third kappa shape index (κ3) is 8.34. The molecule has 204 valence electrons. The molecular formula is C24H31F3N4O6. The highest BCUT2D eigenvalue weighted by Crippen LogP contribution is 2.33. The maximum Gasteiger partial charge on any atom is 0.522 e. The summed E-state index contributed by atoms with van der Waals surface area (Å²) in [5.74, 6) is -0.221. The largest absolute Gasteiger partial charge is 0.522 e. The van der Waals surface area contributed by atoms with Crippen molar-refractivity contribution in [3.63, 3.8) is 0 Å². The van der Waals surface area contributed by atoms with Crippen LogP contribution in [0.5, 0.6) is 6.08 Å². The van der Waals surface area contributed by atoms with E-state index < -0.39 is 37.3 Å². The molecule has 2 aromatic rings. The first-order valence-corrected chi connectivity index (χ1v) is 11.8. The van der Waals surface area contributed by atoms with Gasteiger partial charge in [0.15, 0.2) is 0 Å². The van der Waals surface area contributed by atoms with Crippen molar-refractivity contribution < 1.29 is 41.4 Å². The Bertz CT molecular complexity index is 1100. The normalized spacial score (nSPS) is 18.4. The lowest BCUT2D eigenvalue weighted by molar-refractivity contribution is -0.325. The van der Waals surface area contributed by atoms with Crippen molar-refractivity contribution in [2.24, 2.45) is 0 Å². The molecular weight excluding hydrogens is 497 g/mol. The molecule has 1 aliphatic heterocycles. The zero-order valence-electron chi connectivity index (χ0n) is 21.3. The molecule has 2 heterocycles. The molecule has 0 bridgehead atoms. The molecule has 10 nitrogen and oxygen atoms in total. The highest BCUT2D eigenvalue weighted by Gasteiger charge is 2.39. The lowest BCUT2D eigenvalue weighted by Crippen LogP contribution is -2.52. The fourth-order valence-electron chi connectivity index (χ4n) is 3.72. The van der Waals surface area contributed by atoms with Gasteiger partial charge < -0.3 is 19.2 Å². The van der Waals surface area contributed by atoms with Gasteiger partial charge in [-0.2, -0.15) is 0 Å². The van der Waals surface area contributed by atoms with E-state index in [9.17, 15) is 22.8 Å². The van der Waals surface area contributed by atoms with E-state index in [1.165, 1.54) is 4.90 Å². The SMILES string of the molecule is Cc1ccc(C(=O)NC2CCC(c3nnc(OCCOC(F)(F)F)o3)N(C(=O)OC(C)(C)C)C2)cc1C. The Balaban J connectivity index is 1.69. The van der Waals surface area contributed by atoms with Crippen molar-refractivity contribution >= 4 is 12.0 Å². The molecule has 0 radical (unpaired) electrons. The van der Waals surface area contributed by atoms with Crippen LogP contribution < -0.4 is 10.1 Å². The van der Waals surface area contributed by atoms with Crippen molar-refractivity contribution in [3.05, 3.63) is 40.8 Å². The van der Waals surface area contributed by atoms with E-state index in [4.69, 9.17) is 13.9 Å². The van der Waals surface area contributed by atoms with Crippen LogP contribution in [0.1, 0.15) is 67.0 Å². The second-order valence-electron chi connectivity index (χ2n) is 9.74. The van der Waals surface area contributed by atoms with Crippen LogP contribution in [0.3, 0.4) is 0 Å². The number of benzene rings is 1. The maximum atomic E-state index is 13.0. The van der Waals surface area contributed by atoms with Crippen LogP contribution in [-0.2, 0) is 9.47 Å². The van der Waals surface area contributed by atoms with Gasteiger partial charge in [-0.05, 0) is 70.7 Å². The van der Waals surface area contributed by atoms with Crippen LogP contribution in [0.25, 0.3) is 0 Å². The highest BCUT2D eigenvalue weighted by atomic mass is 19.4. The van der Waals surface area contributed by atoms with Gasteiger partial charge in [-0.15, -0.1) is 18.3 Å². The van der Waals surface area contributed by atoms with Gasteiger partial charge >= 0.3 is 18.5 Å². The van der Waals surface area contributed by atoms with Gasteiger partial charge in [0.2, 0.25) is 5.89 Å². The molecule has 1 N–H and O–H groups in total. The minimum absolute atomic E-state index is 0.0385. The third-order valence-corrected chi connectivity index (χ3v) is 5.60. The minimum atomic E-state index is -4.77. The van der Waals surface area contributed by atoms with Crippen molar-refractivity contribution in [2.45, 2.75) is 71.5 Å². The van der Waals surface area contributed by atoms with Gasteiger partial charge in [0, 0.05) is 18.2 Å². The molecule has 3 rings (SSSR count). The Morgan fingerprint density at radius 2 is 1.84 bits per heavy atom. The summed E-state index contributed by atoms with van der Waals surface area (Å²) >= 11 is 0. The molecule has 37 heavy (non-hydrogen) atoms. The summed E-state index contributed by atoms with van der Waals surface area (Å²) in [5.41, 5.74) is 1.80. The van der Waals surface area contributed by atoms with E-state index in [1.54, 1.807) is 26.8 Å². The summed E-state index contributed by atoms with van der Waals surface area (Å²) in [6.45, 7) is 7.97. The summed E-state index contributed by atoms with van der Waals surface area (Å²) in [5, 5.41) is 10.6. The number of amides is 2. The summed E-state index contributed by atoms with van der Waals surface area (Å²) in [6.07, 6.45) is -4.91. The van der Waals surface area contributed by atoms with Crippen molar-refractivity contribution in [1.29, 1.82) is 0 Å². The quantitative estimate of drug-likeness (QED) is 0.524. The first-order chi connectivity index (χ1) is 17.2. The van der Waals surface area contributed by atoms with E-state index in [0.717, 1.165) is 11.1 Å². The van der Waals surface area contributed by atoms with Gasteiger partial charge in [-0.1, -0.05) is 11.2 Å². The summed E-state index contributed by atoms with van der Waals surface area (Å²) in [6, 6.07) is 4.38. The molecule has 0 spiro atoms. The van der Waals surface area contributed by atoms with E-state index in [1.807, 2.05) is 26.0 Å². The second-order valence-corrected chi connectivity index (χ2v) is 9.74. The molecule has 1 saturated heterocycles. The van der Waals surface area contributed by atoms with Crippen molar-refractivity contribution in [1.82, 2.24) is 20.4 Å². The smallest absolute Gasteiger partial charge is 0.447 e.